The number of halogens is 1. The lowest BCUT2D eigenvalue weighted by Crippen LogP contribution is -2.39. The van der Waals surface area contributed by atoms with Gasteiger partial charge in [-0.05, 0) is 42.3 Å². The molecule has 0 amide bonds. The van der Waals surface area contributed by atoms with Gasteiger partial charge in [-0.3, -0.25) is 9.89 Å². The molecule has 4 N–H and O–H groups in total. The van der Waals surface area contributed by atoms with Crippen LogP contribution in [0.5, 0.6) is 0 Å². The number of morpholine rings is 1. The number of rotatable bonds is 7. The molecule has 1 aliphatic rings. The van der Waals surface area contributed by atoms with Crippen molar-refractivity contribution in [3.63, 3.8) is 0 Å². The Morgan fingerprint density at radius 2 is 2.26 bits per heavy atom. The summed E-state index contributed by atoms with van der Waals surface area (Å²) < 4.78 is 5.32. The minimum atomic E-state index is -0.972. The van der Waals surface area contributed by atoms with Crippen molar-refractivity contribution in [1.82, 2.24) is 10.2 Å². The number of hydrogen-bond donors (Lipinski definition) is 3. The van der Waals surface area contributed by atoms with Gasteiger partial charge in [-0.15, -0.1) is 24.0 Å². The third-order valence-corrected chi connectivity index (χ3v) is 4.44. The van der Waals surface area contributed by atoms with Gasteiger partial charge in [0.05, 0.1) is 19.8 Å². The molecule has 1 aromatic heterocycles. The Balaban J connectivity index is 0.00000264. The molecular formula is C15H27IN4O2S. The second-order valence-electron chi connectivity index (χ2n) is 5.72. The smallest absolute Gasteiger partial charge is 0.188 e. The lowest BCUT2D eigenvalue weighted by Gasteiger charge is -2.26. The first-order valence-corrected chi connectivity index (χ1v) is 8.61. The molecule has 0 bridgehead atoms. The highest BCUT2D eigenvalue weighted by molar-refractivity contribution is 14.0. The Hall–Kier alpha value is -0.420. The first kappa shape index (κ1) is 20.6. The van der Waals surface area contributed by atoms with E-state index in [2.05, 4.69) is 15.2 Å². The zero-order valence-electron chi connectivity index (χ0n) is 13.5. The summed E-state index contributed by atoms with van der Waals surface area (Å²) >= 11 is 1.56. The van der Waals surface area contributed by atoms with Crippen molar-refractivity contribution >= 4 is 41.3 Å². The molecule has 132 valence electrons. The van der Waals surface area contributed by atoms with Crippen LogP contribution in [0.15, 0.2) is 21.8 Å². The van der Waals surface area contributed by atoms with E-state index in [-0.39, 0.29) is 30.5 Å². The number of nitrogens with zero attached hydrogens (tertiary/aromatic N) is 2. The van der Waals surface area contributed by atoms with E-state index in [1.165, 1.54) is 0 Å². The first-order valence-electron chi connectivity index (χ1n) is 7.67. The van der Waals surface area contributed by atoms with Crippen LogP contribution in [0.1, 0.15) is 18.9 Å². The number of hydrogen-bond acceptors (Lipinski definition) is 5. The second-order valence-corrected chi connectivity index (χ2v) is 6.50. The van der Waals surface area contributed by atoms with Gasteiger partial charge in [-0.25, -0.2) is 0 Å². The quantitative estimate of drug-likeness (QED) is 0.250. The number of aliphatic imine (C=N–C) groups is 1. The van der Waals surface area contributed by atoms with Gasteiger partial charge in [0.25, 0.3) is 0 Å². The minimum absolute atomic E-state index is 0. The Morgan fingerprint density at radius 3 is 2.91 bits per heavy atom. The highest BCUT2D eigenvalue weighted by Crippen LogP contribution is 2.22. The van der Waals surface area contributed by atoms with Crippen LogP contribution in [-0.2, 0) is 10.3 Å². The molecule has 6 nitrogen and oxygen atoms in total. The van der Waals surface area contributed by atoms with Crippen LogP contribution in [0.4, 0.5) is 0 Å². The van der Waals surface area contributed by atoms with Gasteiger partial charge in [0.1, 0.15) is 5.60 Å². The van der Waals surface area contributed by atoms with Crippen LogP contribution >= 0.6 is 35.3 Å². The average Bonchev–Trinajstić information content (AvgIpc) is 3.06. The highest BCUT2D eigenvalue weighted by atomic mass is 127. The van der Waals surface area contributed by atoms with Crippen LogP contribution in [0.3, 0.4) is 0 Å². The standard InChI is InChI=1S/C15H26N4O2S.HI/c1-15(20,13-3-10-22-11-13)12-18-14(16)17-4-2-5-19-6-8-21-9-7-19;/h3,10-11,20H,2,4-9,12H2,1H3,(H3,16,17,18);1H. The summed E-state index contributed by atoms with van der Waals surface area (Å²) in [5.41, 5.74) is 5.75. The number of ether oxygens (including phenoxy) is 1. The van der Waals surface area contributed by atoms with Crippen molar-refractivity contribution in [2.75, 3.05) is 45.9 Å². The zero-order chi connectivity index (χ0) is 15.8. The van der Waals surface area contributed by atoms with Crippen molar-refractivity contribution in [1.29, 1.82) is 0 Å². The lowest BCUT2D eigenvalue weighted by molar-refractivity contribution is 0.0376. The molecule has 0 aliphatic carbocycles. The van der Waals surface area contributed by atoms with Gasteiger partial charge in [-0.1, -0.05) is 0 Å². The van der Waals surface area contributed by atoms with Crippen molar-refractivity contribution < 1.29 is 9.84 Å². The minimum Gasteiger partial charge on any atom is -0.383 e. The van der Waals surface area contributed by atoms with E-state index in [0.717, 1.165) is 51.4 Å². The first-order chi connectivity index (χ1) is 10.6. The van der Waals surface area contributed by atoms with Crippen molar-refractivity contribution in [3.05, 3.63) is 22.4 Å². The van der Waals surface area contributed by atoms with Crippen molar-refractivity contribution in [2.45, 2.75) is 18.9 Å². The van der Waals surface area contributed by atoms with Gasteiger partial charge in [0.2, 0.25) is 0 Å². The van der Waals surface area contributed by atoms with E-state index >= 15 is 0 Å². The molecule has 8 heteroatoms. The predicted octanol–water partition coefficient (Wildman–Crippen LogP) is 1.20. The maximum Gasteiger partial charge on any atom is 0.188 e. The van der Waals surface area contributed by atoms with E-state index < -0.39 is 5.60 Å². The maximum absolute atomic E-state index is 10.4. The monoisotopic (exact) mass is 454 g/mol. The van der Waals surface area contributed by atoms with Gasteiger partial charge in [0.15, 0.2) is 5.96 Å². The largest absolute Gasteiger partial charge is 0.383 e. The van der Waals surface area contributed by atoms with Crippen molar-refractivity contribution in [3.8, 4) is 0 Å². The summed E-state index contributed by atoms with van der Waals surface area (Å²) in [6, 6.07) is 1.91. The van der Waals surface area contributed by atoms with Crippen LogP contribution in [0.2, 0.25) is 0 Å². The third-order valence-electron chi connectivity index (χ3n) is 3.76. The molecule has 1 aliphatic heterocycles. The number of nitrogens with one attached hydrogen (secondary N) is 1. The normalized spacial score (nSPS) is 19.0. The van der Waals surface area contributed by atoms with E-state index in [0.29, 0.717) is 5.96 Å². The number of aliphatic hydroxyl groups is 1. The zero-order valence-corrected chi connectivity index (χ0v) is 16.7. The molecule has 0 spiro atoms. The van der Waals surface area contributed by atoms with Crippen LogP contribution < -0.4 is 11.1 Å². The number of thiophene rings is 1. The Morgan fingerprint density at radius 1 is 1.52 bits per heavy atom. The summed E-state index contributed by atoms with van der Waals surface area (Å²) in [4.78, 5) is 6.63. The molecule has 2 rings (SSSR count). The molecule has 2 heterocycles. The fourth-order valence-corrected chi connectivity index (χ4v) is 3.08. The summed E-state index contributed by atoms with van der Waals surface area (Å²) in [5.74, 6) is 0.387. The Kier molecular flexibility index (Phi) is 9.37. The van der Waals surface area contributed by atoms with Gasteiger partial charge in [0, 0.05) is 19.6 Å². The van der Waals surface area contributed by atoms with Crippen LogP contribution in [0, 0.1) is 0 Å². The molecule has 1 aromatic rings. The Labute approximate surface area is 159 Å². The van der Waals surface area contributed by atoms with Gasteiger partial charge in [-0.2, -0.15) is 11.3 Å². The van der Waals surface area contributed by atoms with Crippen LogP contribution in [-0.4, -0.2) is 61.9 Å². The van der Waals surface area contributed by atoms with Crippen LogP contribution in [0.25, 0.3) is 0 Å². The Bertz CT molecular complexity index is 462. The van der Waals surface area contributed by atoms with Gasteiger partial charge >= 0.3 is 0 Å². The molecule has 1 atom stereocenters. The molecule has 0 radical (unpaired) electrons. The highest BCUT2D eigenvalue weighted by Gasteiger charge is 2.23. The third kappa shape index (κ3) is 7.34. The SMILES string of the molecule is CC(O)(CN=C(N)NCCCN1CCOCC1)c1ccsc1.I. The van der Waals surface area contributed by atoms with E-state index in [9.17, 15) is 5.11 Å². The molecule has 1 saturated heterocycles. The fourth-order valence-electron chi connectivity index (χ4n) is 2.30. The van der Waals surface area contributed by atoms with E-state index in [1.807, 2.05) is 16.8 Å². The summed E-state index contributed by atoms with van der Waals surface area (Å²) in [6.07, 6.45) is 1.01. The van der Waals surface area contributed by atoms with Crippen molar-refractivity contribution in [2.24, 2.45) is 10.7 Å². The summed E-state index contributed by atoms with van der Waals surface area (Å²) in [5, 5.41) is 17.3. The predicted molar refractivity (Wildman–Crippen MR) is 106 cm³/mol. The summed E-state index contributed by atoms with van der Waals surface area (Å²) in [7, 11) is 0. The topological polar surface area (TPSA) is 83.1 Å². The molecule has 0 aromatic carbocycles. The van der Waals surface area contributed by atoms with E-state index in [1.54, 1.807) is 18.3 Å². The van der Waals surface area contributed by atoms with Gasteiger partial charge < -0.3 is 20.9 Å². The molecule has 23 heavy (non-hydrogen) atoms. The fraction of sp³-hybridized carbons (Fsp3) is 0.667. The number of guanidine groups is 1. The summed E-state index contributed by atoms with van der Waals surface area (Å²) in [6.45, 7) is 7.50. The maximum atomic E-state index is 10.4. The molecule has 1 unspecified atom stereocenters. The number of nitrogens with two attached hydrogens (primary N) is 1. The molecular weight excluding hydrogens is 427 g/mol. The van der Waals surface area contributed by atoms with E-state index in [4.69, 9.17) is 10.5 Å². The second kappa shape index (κ2) is 10.4. The molecule has 1 fully saturated rings. The molecule has 0 saturated carbocycles. The lowest BCUT2D eigenvalue weighted by atomic mass is 10.00. The average molecular weight is 454 g/mol.